The van der Waals surface area contributed by atoms with Gasteiger partial charge in [-0.1, -0.05) is 6.08 Å². The molecular weight excluding hydrogens is 142 g/mol. The SMILES string of the molecule is C=CCOCCOCCNC. The molecule has 0 saturated carbocycles. The van der Waals surface area contributed by atoms with E-state index in [1.165, 1.54) is 0 Å². The molecular formula is C8H17NO2. The van der Waals surface area contributed by atoms with Gasteiger partial charge in [0.05, 0.1) is 26.4 Å². The Bertz CT molecular complexity index is 86.2. The molecule has 3 nitrogen and oxygen atoms in total. The summed E-state index contributed by atoms with van der Waals surface area (Å²) in [6.45, 7) is 7.08. The number of nitrogens with one attached hydrogen (secondary N) is 1. The van der Waals surface area contributed by atoms with Gasteiger partial charge >= 0.3 is 0 Å². The molecule has 0 unspecified atom stereocenters. The first-order valence-electron chi connectivity index (χ1n) is 3.82. The first-order chi connectivity index (χ1) is 5.41. The Balaban J connectivity index is 2.74. The summed E-state index contributed by atoms with van der Waals surface area (Å²) in [6.07, 6.45) is 1.73. The largest absolute Gasteiger partial charge is 0.378 e. The lowest BCUT2D eigenvalue weighted by atomic mass is 10.6. The smallest absolute Gasteiger partial charge is 0.0704 e. The summed E-state index contributed by atoms with van der Waals surface area (Å²) in [5, 5.41) is 2.99. The van der Waals surface area contributed by atoms with Crippen LogP contribution in [0.4, 0.5) is 0 Å². The highest BCUT2D eigenvalue weighted by Crippen LogP contribution is 1.77. The Morgan fingerprint density at radius 2 is 2.00 bits per heavy atom. The van der Waals surface area contributed by atoms with Gasteiger partial charge in [0.2, 0.25) is 0 Å². The van der Waals surface area contributed by atoms with Crippen LogP contribution in [0.1, 0.15) is 0 Å². The number of ether oxygens (including phenoxy) is 2. The molecule has 0 aromatic heterocycles. The minimum absolute atomic E-state index is 0.607. The Morgan fingerprint density at radius 3 is 2.64 bits per heavy atom. The molecule has 0 amide bonds. The van der Waals surface area contributed by atoms with Crippen molar-refractivity contribution in [1.29, 1.82) is 0 Å². The molecule has 0 bridgehead atoms. The van der Waals surface area contributed by atoms with Crippen molar-refractivity contribution in [3.63, 3.8) is 0 Å². The van der Waals surface area contributed by atoms with Crippen molar-refractivity contribution in [2.24, 2.45) is 0 Å². The Kier molecular flexibility index (Phi) is 9.29. The predicted octanol–water partition coefficient (Wildman–Crippen LogP) is 0.425. The standard InChI is InChI=1S/C8H17NO2/c1-3-5-10-7-8-11-6-4-9-2/h3,9H,1,4-8H2,2H3. The zero-order valence-corrected chi connectivity index (χ0v) is 7.14. The molecule has 0 saturated heterocycles. The quantitative estimate of drug-likeness (QED) is 0.411. The molecule has 0 radical (unpaired) electrons. The summed E-state index contributed by atoms with van der Waals surface area (Å²) < 4.78 is 10.3. The maximum absolute atomic E-state index is 5.20. The molecule has 0 fully saturated rings. The molecule has 0 aromatic carbocycles. The van der Waals surface area contributed by atoms with Crippen LogP contribution < -0.4 is 5.32 Å². The fourth-order valence-electron chi connectivity index (χ4n) is 0.561. The van der Waals surface area contributed by atoms with Crippen molar-refractivity contribution < 1.29 is 9.47 Å². The maximum Gasteiger partial charge on any atom is 0.0704 e. The van der Waals surface area contributed by atoms with Gasteiger partial charge in [-0.25, -0.2) is 0 Å². The van der Waals surface area contributed by atoms with E-state index in [-0.39, 0.29) is 0 Å². The molecule has 0 aliphatic carbocycles. The zero-order valence-electron chi connectivity index (χ0n) is 7.14. The summed E-state index contributed by atoms with van der Waals surface area (Å²) in [6, 6.07) is 0. The lowest BCUT2D eigenvalue weighted by Crippen LogP contribution is -2.16. The van der Waals surface area contributed by atoms with Gasteiger partial charge in [-0.3, -0.25) is 0 Å². The second-order valence-corrected chi connectivity index (χ2v) is 2.08. The van der Waals surface area contributed by atoms with E-state index in [1.807, 2.05) is 7.05 Å². The minimum Gasteiger partial charge on any atom is -0.378 e. The highest BCUT2D eigenvalue weighted by Gasteiger charge is 1.86. The molecule has 0 aromatic rings. The average molecular weight is 159 g/mol. The molecule has 3 heteroatoms. The zero-order chi connectivity index (χ0) is 8.36. The highest BCUT2D eigenvalue weighted by atomic mass is 16.5. The van der Waals surface area contributed by atoms with Crippen LogP contribution in [0.2, 0.25) is 0 Å². The van der Waals surface area contributed by atoms with Gasteiger partial charge < -0.3 is 14.8 Å². The maximum atomic E-state index is 5.20. The van der Waals surface area contributed by atoms with Crippen molar-refractivity contribution in [1.82, 2.24) is 5.32 Å². The van der Waals surface area contributed by atoms with Crippen LogP contribution in [0.3, 0.4) is 0 Å². The number of hydrogen-bond acceptors (Lipinski definition) is 3. The predicted molar refractivity (Wildman–Crippen MR) is 45.8 cm³/mol. The Morgan fingerprint density at radius 1 is 1.27 bits per heavy atom. The summed E-state index contributed by atoms with van der Waals surface area (Å²) in [4.78, 5) is 0. The second kappa shape index (κ2) is 9.62. The van der Waals surface area contributed by atoms with Crippen LogP contribution >= 0.6 is 0 Å². The topological polar surface area (TPSA) is 30.5 Å². The van der Waals surface area contributed by atoms with E-state index in [0.717, 1.165) is 13.2 Å². The third-order valence-electron chi connectivity index (χ3n) is 1.10. The fourth-order valence-corrected chi connectivity index (χ4v) is 0.561. The molecule has 0 rings (SSSR count). The number of likely N-dealkylation sites (N-methyl/N-ethyl adjacent to an activating group) is 1. The van der Waals surface area contributed by atoms with Crippen LogP contribution in [0.15, 0.2) is 12.7 Å². The van der Waals surface area contributed by atoms with Crippen LogP contribution in [-0.4, -0.2) is 40.0 Å². The molecule has 0 heterocycles. The molecule has 0 spiro atoms. The number of rotatable bonds is 8. The van der Waals surface area contributed by atoms with Crippen LogP contribution in [0.5, 0.6) is 0 Å². The van der Waals surface area contributed by atoms with Crippen molar-refractivity contribution in [3.8, 4) is 0 Å². The van der Waals surface area contributed by atoms with Gasteiger partial charge in [0, 0.05) is 6.54 Å². The van der Waals surface area contributed by atoms with Gasteiger partial charge in [0.1, 0.15) is 0 Å². The minimum atomic E-state index is 0.607. The highest BCUT2D eigenvalue weighted by molar-refractivity contribution is 4.63. The lowest BCUT2D eigenvalue weighted by molar-refractivity contribution is 0.0602. The molecule has 0 aliphatic rings. The Hall–Kier alpha value is -0.380. The van der Waals surface area contributed by atoms with E-state index >= 15 is 0 Å². The number of hydrogen-bond donors (Lipinski definition) is 1. The van der Waals surface area contributed by atoms with Gasteiger partial charge in [-0.05, 0) is 7.05 Å². The van der Waals surface area contributed by atoms with E-state index in [1.54, 1.807) is 6.08 Å². The van der Waals surface area contributed by atoms with Crippen LogP contribution in [-0.2, 0) is 9.47 Å². The summed E-state index contributed by atoms with van der Waals surface area (Å²) in [5.74, 6) is 0. The third kappa shape index (κ3) is 9.62. The Labute approximate surface area is 68.4 Å². The second-order valence-electron chi connectivity index (χ2n) is 2.08. The van der Waals surface area contributed by atoms with E-state index in [4.69, 9.17) is 9.47 Å². The van der Waals surface area contributed by atoms with Crippen LogP contribution in [0.25, 0.3) is 0 Å². The van der Waals surface area contributed by atoms with Gasteiger partial charge in [-0.15, -0.1) is 6.58 Å². The molecule has 0 atom stereocenters. The average Bonchev–Trinajstić information content (AvgIpc) is 2.03. The summed E-state index contributed by atoms with van der Waals surface area (Å²) >= 11 is 0. The normalized spacial score (nSPS) is 9.91. The first kappa shape index (κ1) is 10.6. The van der Waals surface area contributed by atoms with E-state index in [2.05, 4.69) is 11.9 Å². The van der Waals surface area contributed by atoms with Crippen molar-refractivity contribution >= 4 is 0 Å². The summed E-state index contributed by atoms with van der Waals surface area (Å²) in [7, 11) is 1.90. The van der Waals surface area contributed by atoms with Gasteiger partial charge in [0.25, 0.3) is 0 Å². The van der Waals surface area contributed by atoms with E-state index in [0.29, 0.717) is 19.8 Å². The van der Waals surface area contributed by atoms with Crippen molar-refractivity contribution in [3.05, 3.63) is 12.7 Å². The van der Waals surface area contributed by atoms with Crippen LogP contribution in [0, 0.1) is 0 Å². The van der Waals surface area contributed by atoms with Crippen molar-refractivity contribution in [2.45, 2.75) is 0 Å². The third-order valence-corrected chi connectivity index (χ3v) is 1.10. The van der Waals surface area contributed by atoms with Gasteiger partial charge in [-0.2, -0.15) is 0 Å². The monoisotopic (exact) mass is 159 g/mol. The molecule has 0 aliphatic heterocycles. The van der Waals surface area contributed by atoms with Gasteiger partial charge in [0.15, 0.2) is 0 Å². The molecule has 66 valence electrons. The van der Waals surface area contributed by atoms with E-state index in [9.17, 15) is 0 Å². The van der Waals surface area contributed by atoms with Crippen molar-refractivity contribution in [2.75, 3.05) is 40.0 Å². The fraction of sp³-hybridized carbons (Fsp3) is 0.750. The van der Waals surface area contributed by atoms with E-state index < -0.39 is 0 Å². The first-order valence-corrected chi connectivity index (χ1v) is 3.82. The summed E-state index contributed by atoms with van der Waals surface area (Å²) in [5.41, 5.74) is 0. The molecule has 11 heavy (non-hydrogen) atoms. The lowest BCUT2D eigenvalue weighted by Gasteiger charge is -2.02. The molecule has 1 N–H and O–H groups in total.